The summed E-state index contributed by atoms with van der Waals surface area (Å²) in [5, 5.41) is 6.50. The molecule has 1 aliphatic carbocycles. The molecular formula is C16H33IN4O4S. The Morgan fingerprint density at radius 3 is 2.27 bits per heavy atom. The van der Waals surface area contributed by atoms with Crippen molar-refractivity contribution in [3.63, 3.8) is 0 Å². The Bertz CT molecular complexity index is 573. The third kappa shape index (κ3) is 9.91. The van der Waals surface area contributed by atoms with Crippen LogP contribution in [0, 0.1) is 5.92 Å². The summed E-state index contributed by atoms with van der Waals surface area (Å²) < 4.78 is 30.4. The number of aliphatic imine (C=N–C) groups is 1. The van der Waals surface area contributed by atoms with Crippen LogP contribution in [0.2, 0.25) is 0 Å². The zero-order valence-electron chi connectivity index (χ0n) is 16.3. The molecule has 0 bridgehead atoms. The number of nitrogens with one attached hydrogen (secondary N) is 3. The molecule has 0 aromatic carbocycles. The topological polar surface area (TPSA) is 109 Å². The van der Waals surface area contributed by atoms with Gasteiger partial charge in [0.2, 0.25) is 10.0 Å². The number of halogens is 1. The second-order valence-corrected chi connectivity index (χ2v) is 8.88. The van der Waals surface area contributed by atoms with Gasteiger partial charge in [0, 0.05) is 25.2 Å². The molecule has 0 atom stereocenters. The lowest BCUT2D eigenvalue weighted by Crippen LogP contribution is -2.54. The number of carbonyl (C=O) groups is 1. The lowest BCUT2D eigenvalue weighted by molar-refractivity contribution is -0.149. The van der Waals surface area contributed by atoms with Crippen molar-refractivity contribution in [2.45, 2.75) is 58.0 Å². The van der Waals surface area contributed by atoms with Crippen molar-refractivity contribution < 1.29 is 17.9 Å². The van der Waals surface area contributed by atoms with Crippen LogP contribution in [0.5, 0.6) is 0 Å². The van der Waals surface area contributed by atoms with Crippen molar-refractivity contribution in [3.05, 3.63) is 0 Å². The second-order valence-electron chi connectivity index (χ2n) is 7.13. The van der Waals surface area contributed by atoms with E-state index in [2.05, 4.69) is 20.3 Å². The number of hydrogen-bond donors (Lipinski definition) is 3. The van der Waals surface area contributed by atoms with Crippen LogP contribution >= 0.6 is 24.0 Å². The number of rotatable bonds is 7. The zero-order valence-corrected chi connectivity index (χ0v) is 19.4. The average Bonchev–Trinajstić information content (AvgIpc) is 2.50. The summed E-state index contributed by atoms with van der Waals surface area (Å²) in [6.07, 6.45) is 4.48. The lowest BCUT2D eigenvalue weighted by Gasteiger charge is -2.30. The summed E-state index contributed by atoms with van der Waals surface area (Å²) in [6.45, 7) is 6.25. The van der Waals surface area contributed by atoms with Crippen LogP contribution in [0.15, 0.2) is 4.99 Å². The van der Waals surface area contributed by atoms with Gasteiger partial charge in [0.15, 0.2) is 5.96 Å². The van der Waals surface area contributed by atoms with Crippen molar-refractivity contribution in [2.24, 2.45) is 10.9 Å². The van der Waals surface area contributed by atoms with E-state index in [1.54, 1.807) is 20.9 Å². The average molecular weight is 504 g/mol. The Balaban J connectivity index is 0.00000625. The van der Waals surface area contributed by atoms with Gasteiger partial charge in [-0.25, -0.2) is 13.1 Å². The van der Waals surface area contributed by atoms with Gasteiger partial charge in [0.25, 0.3) is 0 Å². The quantitative estimate of drug-likeness (QED) is 0.208. The minimum Gasteiger partial charge on any atom is -0.466 e. The number of hydrogen-bond acceptors (Lipinski definition) is 5. The molecule has 0 saturated heterocycles. The van der Waals surface area contributed by atoms with Gasteiger partial charge in [0.05, 0.1) is 18.8 Å². The summed E-state index contributed by atoms with van der Waals surface area (Å²) in [7, 11) is -1.60. The SMILES string of the molecule is CCOC(=O)C1CCC(NC(=NC)NCC(C)(C)NS(C)(=O)=O)CC1.I. The van der Waals surface area contributed by atoms with Gasteiger partial charge in [-0.1, -0.05) is 0 Å². The Labute approximate surface area is 174 Å². The highest BCUT2D eigenvalue weighted by atomic mass is 127. The highest BCUT2D eigenvalue weighted by Crippen LogP contribution is 2.25. The minimum atomic E-state index is -3.28. The van der Waals surface area contributed by atoms with Crippen LogP contribution in [0.3, 0.4) is 0 Å². The van der Waals surface area contributed by atoms with E-state index < -0.39 is 15.6 Å². The summed E-state index contributed by atoms with van der Waals surface area (Å²) in [5.41, 5.74) is -0.632. The molecule has 0 unspecified atom stereocenters. The maximum absolute atomic E-state index is 11.8. The third-order valence-corrected chi connectivity index (χ3v) is 4.99. The molecule has 10 heteroatoms. The molecule has 26 heavy (non-hydrogen) atoms. The first-order chi connectivity index (χ1) is 11.6. The molecule has 0 aromatic heterocycles. The van der Waals surface area contributed by atoms with E-state index in [1.807, 2.05) is 6.92 Å². The molecular weight excluding hydrogens is 471 g/mol. The Hall–Kier alpha value is -0.620. The fourth-order valence-corrected chi connectivity index (χ4v) is 4.04. The van der Waals surface area contributed by atoms with Crippen molar-refractivity contribution in [1.29, 1.82) is 0 Å². The first-order valence-corrected chi connectivity index (χ1v) is 10.6. The maximum Gasteiger partial charge on any atom is 0.308 e. The fourth-order valence-electron chi connectivity index (χ4n) is 2.96. The second kappa shape index (κ2) is 11.3. The maximum atomic E-state index is 11.8. The Morgan fingerprint density at radius 1 is 1.23 bits per heavy atom. The van der Waals surface area contributed by atoms with Crippen LogP contribution in [0.1, 0.15) is 46.5 Å². The molecule has 1 rings (SSSR count). The van der Waals surface area contributed by atoms with Gasteiger partial charge in [-0.3, -0.25) is 9.79 Å². The van der Waals surface area contributed by atoms with Crippen LogP contribution < -0.4 is 15.4 Å². The Morgan fingerprint density at radius 2 is 1.81 bits per heavy atom. The summed E-state index contributed by atoms with van der Waals surface area (Å²) in [6, 6.07) is 0.239. The van der Waals surface area contributed by atoms with Crippen LogP contribution in [-0.4, -0.2) is 58.4 Å². The monoisotopic (exact) mass is 504 g/mol. The predicted molar refractivity (Wildman–Crippen MR) is 114 cm³/mol. The van der Waals surface area contributed by atoms with E-state index in [9.17, 15) is 13.2 Å². The first kappa shape index (κ1) is 25.4. The molecule has 1 fully saturated rings. The minimum absolute atomic E-state index is 0. The number of nitrogens with zero attached hydrogens (tertiary/aromatic N) is 1. The molecule has 0 spiro atoms. The van der Waals surface area contributed by atoms with Crippen molar-refractivity contribution in [2.75, 3.05) is 26.5 Å². The summed E-state index contributed by atoms with van der Waals surface area (Å²) in [5.74, 6) is 0.519. The van der Waals surface area contributed by atoms with Gasteiger partial charge >= 0.3 is 5.97 Å². The van der Waals surface area contributed by atoms with Crippen molar-refractivity contribution in [3.8, 4) is 0 Å². The number of sulfonamides is 1. The van der Waals surface area contributed by atoms with Crippen LogP contribution in [-0.2, 0) is 19.6 Å². The molecule has 0 radical (unpaired) electrons. The number of ether oxygens (including phenoxy) is 1. The van der Waals surface area contributed by atoms with E-state index in [1.165, 1.54) is 0 Å². The van der Waals surface area contributed by atoms with Gasteiger partial charge in [-0.05, 0) is 46.5 Å². The molecule has 0 heterocycles. The molecule has 1 saturated carbocycles. The molecule has 154 valence electrons. The van der Waals surface area contributed by atoms with Gasteiger partial charge in [-0.15, -0.1) is 24.0 Å². The van der Waals surface area contributed by atoms with Crippen molar-refractivity contribution >= 4 is 45.9 Å². The predicted octanol–water partition coefficient (Wildman–Crippen LogP) is 1.22. The van der Waals surface area contributed by atoms with E-state index in [0.29, 0.717) is 19.1 Å². The van der Waals surface area contributed by atoms with Crippen molar-refractivity contribution in [1.82, 2.24) is 15.4 Å². The molecule has 0 amide bonds. The number of esters is 1. The van der Waals surface area contributed by atoms with E-state index in [0.717, 1.165) is 31.9 Å². The normalized spacial score (nSPS) is 21.5. The number of carbonyl (C=O) groups excluding carboxylic acids is 1. The fraction of sp³-hybridized carbons (Fsp3) is 0.875. The molecule has 0 aliphatic heterocycles. The van der Waals surface area contributed by atoms with E-state index in [4.69, 9.17) is 4.74 Å². The van der Waals surface area contributed by atoms with Gasteiger partial charge < -0.3 is 15.4 Å². The lowest BCUT2D eigenvalue weighted by atomic mass is 9.86. The molecule has 8 nitrogen and oxygen atoms in total. The largest absolute Gasteiger partial charge is 0.466 e. The standard InChI is InChI=1S/C16H32N4O4S.HI/c1-6-24-14(21)12-7-9-13(10-8-12)19-15(17-4)18-11-16(2,3)20-25(5,22)23;/h12-13,20H,6-11H2,1-5H3,(H2,17,18,19);1H. The number of guanidine groups is 1. The highest BCUT2D eigenvalue weighted by Gasteiger charge is 2.28. The van der Waals surface area contributed by atoms with Crippen LogP contribution in [0.25, 0.3) is 0 Å². The Kier molecular flexibility index (Phi) is 11.0. The summed E-state index contributed by atoms with van der Waals surface area (Å²) in [4.78, 5) is 16.0. The molecule has 1 aliphatic rings. The van der Waals surface area contributed by atoms with E-state index in [-0.39, 0.29) is 41.9 Å². The van der Waals surface area contributed by atoms with Gasteiger partial charge in [-0.2, -0.15) is 0 Å². The molecule has 0 aromatic rings. The first-order valence-electron chi connectivity index (χ1n) is 8.69. The van der Waals surface area contributed by atoms with Crippen LogP contribution in [0.4, 0.5) is 0 Å². The highest BCUT2D eigenvalue weighted by molar-refractivity contribution is 14.0. The van der Waals surface area contributed by atoms with Gasteiger partial charge in [0.1, 0.15) is 0 Å². The third-order valence-electron chi connectivity index (χ3n) is 4.07. The van der Waals surface area contributed by atoms with E-state index >= 15 is 0 Å². The smallest absolute Gasteiger partial charge is 0.308 e. The zero-order chi connectivity index (χ0) is 19.1. The summed E-state index contributed by atoms with van der Waals surface area (Å²) >= 11 is 0. The molecule has 3 N–H and O–H groups in total.